The fourth-order valence-corrected chi connectivity index (χ4v) is 2.87. The lowest BCUT2D eigenvalue weighted by Gasteiger charge is -2.33. The van der Waals surface area contributed by atoms with Gasteiger partial charge in [-0.3, -0.25) is 24.2 Å². The molecular formula is C18H16N2O4. The Morgan fingerprint density at radius 1 is 0.875 bits per heavy atom. The van der Waals surface area contributed by atoms with E-state index in [1.165, 1.54) is 26.2 Å². The molecule has 1 heterocycles. The number of carbonyl (C=O) groups excluding carboxylic acids is 4. The summed E-state index contributed by atoms with van der Waals surface area (Å²) in [7, 11) is 2.60. The molecule has 3 aliphatic rings. The van der Waals surface area contributed by atoms with Gasteiger partial charge < -0.3 is 0 Å². The third kappa shape index (κ3) is 2.56. The third-order valence-corrected chi connectivity index (χ3v) is 4.26. The van der Waals surface area contributed by atoms with Crippen LogP contribution >= 0.6 is 0 Å². The van der Waals surface area contributed by atoms with Crippen molar-refractivity contribution in [2.75, 3.05) is 14.1 Å². The number of carbonyl (C=O) groups is 4. The lowest BCUT2D eigenvalue weighted by Crippen LogP contribution is -2.57. The quantitative estimate of drug-likeness (QED) is 0.686. The number of urea groups is 1. The molecule has 1 fully saturated rings. The normalized spacial score (nSPS) is 22.0. The molecule has 0 radical (unpaired) electrons. The Hall–Kier alpha value is -3.02. The lowest BCUT2D eigenvalue weighted by atomic mass is 9.87. The molecule has 0 saturated carbocycles. The van der Waals surface area contributed by atoms with Crippen molar-refractivity contribution in [3.63, 3.8) is 0 Å². The van der Waals surface area contributed by atoms with Gasteiger partial charge in [0.15, 0.2) is 5.78 Å². The number of fused-ring (bicyclic) bond motifs is 2. The van der Waals surface area contributed by atoms with Gasteiger partial charge in [0.05, 0.1) is 0 Å². The average molecular weight is 324 g/mol. The van der Waals surface area contributed by atoms with Gasteiger partial charge in [0.2, 0.25) is 11.8 Å². The Morgan fingerprint density at radius 2 is 1.46 bits per heavy atom. The van der Waals surface area contributed by atoms with E-state index in [0.717, 1.165) is 20.9 Å². The summed E-state index contributed by atoms with van der Waals surface area (Å²) >= 11 is 0. The number of imide groups is 2. The standard InChI is InChI=1S/C18H16N2O4/c1-19-16(22)15(17(23)20(2)18(19)24)13-8-7-11-5-3-4-6-12(9-11)10-14(13)21/h3-8,10,15H,9H2,1-2H3. The van der Waals surface area contributed by atoms with Crippen LogP contribution in [0.4, 0.5) is 4.79 Å². The summed E-state index contributed by atoms with van der Waals surface area (Å²) in [6, 6.07) is -0.698. The van der Waals surface area contributed by atoms with Gasteiger partial charge in [-0.05, 0) is 23.6 Å². The van der Waals surface area contributed by atoms with Gasteiger partial charge in [-0.1, -0.05) is 36.5 Å². The van der Waals surface area contributed by atoms with Crippen molar-refractivity contribution in [3.8, 4) is 0 Å². The number of rotatable bonds is 1. The van der Waals surface area contributed by atoms with Crippen LogP contribution in [0.1, 0.15) is 6.42 Å². The largest absolute Gasteiger partial charge is 0.332 e. The molecule has 0 aromatic carbocycles. The second-order valence-corrected chi connectivity index (χ2v) is 5.85. The molecule has 0 atom stereocenters. The van der Waals surface area contributed by atoms with Gasteiger partial charge in [0.1, 0.15) is 5.92 Å². The summed E-state index contributed by atoms with van der Waals surface area (Å²) in [6.07, 6.45) is 12.7. The van der Waals surface area contributed by atoms with Crippen LogP contribution in [0.3, 0.4) is 0 Å². The first kappa shape index (κ1) is 15.9. The van der Waals surface area contributed by atoms with Crippen LogP contribution in [0.25, 0.3) is 0 Å². The molecular weight excluding hydrogens is 308 g/mol. The topological polar surface area (TPSA) is 74.8 Å². The molecule has 0 unspecified atom stereocenters. The minimum atomic E-state index is -1.30. The van der Waals surface area contributed by atoms with Crippen LogP contribution in [-0.4, -0.2) is 47.5 Å². The number of hydrogen-bond acceptors (Lipinski definition) is 4. The summed E-state index contributed by atoms with van der Waals surface area (Å²) in [5, 5.41) is 0. The van der Waals surface area contributed by atoms with Crippen molar-refractivity contribution in [2.24, 2.45) is 5.92 Å². The minimum absolute atomic E-state index is 0.0783. The van der Waals surface area contributed by atoms with Gasteiger partial charge >= 0.3 is 6.03 Å². The van der Waals surface area contributed by atoms with E-state index < -0.39 is 29.5 Å². The first-order valence-corrected chi connectivity index (χ1v) is 7.49. The number of allylic oxidation sites excluding steroid dienone is 9. The predicted octanol–water partition coefficient (Wildman–Crippen LogP) is 1.53. The van der Waals surface area contributed by atoms with E-state index in [1.54, 1.807) is 6.08 Å². The number of amides is 4. The Kier molecular flexibility index (Phi) is 3.89. The highest BCUT2D eigenvalue weighted by Crippen LogP contribution is 2.27. The maximum absolute atomic E-state index is 12.6. The molecule has 1 saturated heterocycles. The Morgan fingerprint density at radius 3 is 2.08 bits per heavy atom. The number of ketones is 1. The van der Waals surface area contributed by atoms with Crippen molar-refractivity contribution in [2.45, 2.75) is 6.42 Å². The number of nitrogens with zero attached hydrogens (tertiary/aromatic N) is 2. The van der Waals surface area contributed by atoms with Gasteiger partial charge in [0.25, 0.3) is 0 Å². The Labute approximate surface area is 139 Å². The van der Waals surface area contributed by atoms with Crippen LogP contribution in [0, 0.1) is 5.92 Å². The molecule has 0 N–H and O–H groups in total. The summed E-state index contributed by atoms with van der Waals surface area (Å²) in [5.41, 5.74) is 1.84. The molecule has 6 nitrogen and oxygen atoms in total. The second kappa shape index (κ2) is 5.88. The van der Waals surface area contributed by atoms with Crippen LogP contribution in [0.5, 0.6) is 0 Å². The maximum atomic E-state index is 12.6. The molecule has 0 spiro atoms. The molecule has 2 aliphatic carbocycles. The van der Waals surface area contributed by atoms with Crippen molar-refractivity contribution in [1.29, 1.82) is 0 Å². The van der Waals surface area contributed by atoms with E-state index in [0.29, 0.717) is 6.42 Å². The molecule has 0 aromatic heterocycles. The van der Waals surface area contributed by atoms with Gasteiger partial charge in [-0.25, -0.2) is 4.79 Å². The zero-order valence-corrected chi connectivity index (χ0v) is 13.4. The second-order valence-electron chi connectivity index (χ2n) is 5.85. The Bertz CT molecular complexity index is 787. The molecule has 4 amide bonds. The number of hydrogen-bond donors (Lipinski definition) is 0. The zero-order chi connectivity index (χ0) is 17.4. The Balaban J connectivity index is 2.08. The van der Waals surface area contributed by atoms with Crippen molar-refractivity contribution in [3.05, 3.63) is 59.3 Å². The van der Waals surface area contributed by atoms with Crippen LogP contribution in [0.2, 0.25) is 0 Å². The van der Waals surface area contributed by atoms with Gasteiger partial charge in [-0.2, -0.15) is 0 Å². The van der Waals surface area contributed by atoms with Gasteiger partial charge in [-0.15, -0.1) is 0 Å². The van der Waals surface area contributed by atoms with E-state index in [-0.39, 0.29) is 5.57 Å². The predicted molar refractivity (Wildman–Crippen MR) is 86.6 cm³/mol. The first-order chi connectivity index (χ1) is 11.4. The van der Waals surface area contributed by atoms with E-state index in [9.17, 15) is 19.2 Å². The highest BCUT2D eigenvalue weighted by Gasteiger charge is 2.45. The fraction of sp³-hybridized carbons (Fsp3) is 0.222. The molecule has 1 aliphatic heterocycles. The summed E-state index contributed by atoms with van der Waals surface area (Å²) in [5.74, 6) is -3.06. The van der Waals surface area contributed by atoms with E-state index >= 15 is 0 Å². The van der Waals surface area contributed by atoms with E-state index in [4.69, 9.17) is 0 Å². The zero-order valence-electron chi connectivity index (χ0n) is 13.4. The smallest absolute Gasteiger partial charge is 0.290 e. The fourth-order valence-electron chi connectivity index (χ4n) is 2.87. The molecule has 0 aromatic rings. The van der Waals surface area contributed by atoms with Gasteiger partial charge in [0, 0.05) is 19.7 Å². The van der Waals surface area contributed by atoms with E-state index in [2.05, 4.69) is 0 Å². The van der Waals surface area contributed by atoms with Crippen LogP contribution in [-0.2, 0) is 14.4 Å². The molecule has 24 heavy (non-hydrogen) atoms. The lowest BCUT2D eigenvalue weighted by molar-refractivity contribution is -0.146. The maximum Gasteiger partial charge on any atom is 0.332 e. The molecule has 122 valence electrons. The molecule has 2 bridgehead atoms. The summed E-state index contributed by atoms with van der Waals surface area (Å²) in [6.45, 7) is 0. The molecule has 3 rings (SSSR count). The highest BCUT2D eigenvalue weighted by molar-refractivity contribution is 6.23. The minimum Gasteiger partial charge on any atom is -0.290 e. The van der Waals surface area contributed by atoms with Crippen molar-refractivity contribution >= 4 is 23.6 Å². The van der Waals surface area contributed by atoms with Crippen molar-refractivity contribution < 1.29 is 19.2 Å². The monoisotopic (exact) mass is 324 g/mol. The molecule has 6 heteroatoms. The SMILES string of the molecule is CN1C(=O)C(C2=CC=C3C=CC=CC(=CC2=O)C3)C(=O)N(C)C1=O. The summed E-state index contributed by atoms with van der Waals surface area (Å²) < 4.78 is 0. The number of barbiturate groups is 1. The van der Waals surface area contributed by atoms with Crippen molar-refractivity contribution in [1.82, 2.24) is 9.80 Å². The first-order valence-electron chi connectivity index (χ1n) is 7.49. The van der Waals surface area contributed by atoms with Crippen LogP contribution < -0.4 is 0 Å². The van der Waals surface area contributed by atoms with E-state index in [1.807, 2.05) is 24.3 Å². The van der Waals surface area contributed by atoms with Crippen LogP contribution in [0.15, 0.2) is 59.3 Å². The third-order valence-electron chi connectivity index (χ3n) is 4.26. The average Bonchev–Trinajstić information content (AvgIpc) is 2.79. The highest BCUT2D eigenvalue weighted by atomic mass is 16.2. The summed E-state index contributed by atoms with van der Waals surface area (Å²) in [4.78, 5) is 51.1.